The van der Waals surface area contributed by atoms with Crippen molar-refractivity contribution in [1.29, 1.82) is 0 Å². The lowest BCUT2D eigenvalue weighted by Gasteiger charge is -2.11. The van der Waals surface area contributed by atoms with Crippen LogP contribution in [0.25, 0.3) is 10.9 Å². The summed E-state index contributed by atoms with van der Waals surface area (Å²) in [5.74, 6) is -0.0812. The third kappa shape index (κ3) is 2.48. The molecular weight excluding hydrogens is 289 g/mol. The van der Waals surface area contributed by atoms with Gasteiger partial charge in [-0.05, 0) is 26.0 Å². The molecule has 0 unspecified atom stereocenters. The van der Waals surface area contributed by atoms with E-state index in [0.717, 1.165) is 0 Å². The molecule has 0 aliphatic heterocycles. The van der Waals surface area contributed by atoms with Crippen molar-refractivity contribution >= 4 is 10.9 Å². The minimum Gasteiger partial charge on any atom is -0.337 e. The van der Waals surface area contributed by atoms with Crippen LogP contribution < -0.4 is 11.3 Å². The first-order valence-electron chi connectivity index (χ1n) is 6.62. The first-order valence-corrected chi connectivity index (χ1v) is 6.62. The summed E-state index contributed by atoms with van der Waals surface area (Å²) in [6, 6.07) is 4.30. The number of rotatable bonds is 3. The highest BCUT2D eigenvalue weighted by molar-refractivity contribution is 5.77. The van der Waals surface area contributed by atoms with Crippen molar-refractivity contribution in [2.45, 2.75) is 25.9 Å². The maximum atomic E-state index is 13.8. The molecule has 0 bridgehead atoms. The van der Waals surface area contributed by atoms with Gasteiger partial charge in [-0.15, -0.1) is 0 Å². The van der Waals surface area contributed by atoms with Crippen molar-refractivity contribution in [3.8, 4) is 0 Å². The Kier molecular flexibility index (Phi) is 3.25. The second kappa shape index (κ2) is 4.99. The van der Waals surface area contributed by atoms with Gasteiger partial charge in [-0.1, -0.05) is 11.2 Å². The van der Waals surface area contributed by atoms with Crippen molar-refractivity contribution in [3.63, 3.8) is 0 Å². The number of benzene rings is 1. The first-order chi connectivity index (χ1) is 10.4. The molecule has 7 nitrogen and oxygen atoms in total. The van der Waals surface area contributed by atoms with E-state index >= 15 is 0 Å². The summed E-state index contributed by atoms with van der Waals surface area (Å²) in [6.45, 7) is 3.47. The zero-order valence-electron chi connectivity index (χ0n) is 12.1. The number of hydrogen-bond donors (Lipinski definition) is 1. The summed E-state index contributed by atoms with van der Waals surface area (Å²) >= 11 is 0. The van der Waals surface area contributed by atoms with Gasteiger partial charge in [0, 0.05) is 0 Å². The Bertz CT molecular complexity index is 894. The van der Waals surface area contributed by atoms with Crippen molar-refractivity contribution in [2.75, 3.05) is 0 Å². The van der Waals surface area contributed by atoms with Crippen molar-refractivity contribution in [2.24, 2.45) is 5.73 Å². The fourth-order valence-corrected chi connectivity index (χ4v) is 2.00. The van der Waals surface area contributed by atoms with Crippen LogP contribution in [-0.2, 0) is 12.1 Å². The lowest BCUT2D eigenvalue weighted by atomic mass is 10.1. The zero-order valence-corrected chi connectivity index (χ0v) is 12.1. The monoisotopic (exact) mass is 303 g/mol. The van der Waals surface area contributed by atoms with Crippen LogP contribution in [0, 0.1) is 5.82 Å². The molecule has 0 radical (unpaired) electrons. The minimum absolute atomic E-state index is 0.000806. The molecule has 2 heterocycles. The number of fused-ring (bicyclic) bond motifs is 1. The maximum absolute atomic E-state index is 13.8. The zero-order chi connectivity index (χ0) is 15.9. The predicted molar refractivity (Wildman–Crippen MR) is 76.6 cm³/mol. The summed E-state index contributed by atoms with van der Waals surface area (Å²) in [7, 11) is 0. The van der Waals surface area contributed by atoms with E-state index in [0.29, 0.717) is 11.3 Å². The van der Waals surface area contributed by atoms with Gasteiger partial charge < -0.3 is 10.3 Å². The van der Waals surface area contributed by atoms with Gasteiger partial charge in [0.1, 0.15) is 17.7 Å². The molecule has 0 amide bonds. The maximum Gasteiger partial charge on any atom is 0.264 e. The van der Waals surface area contributed by atoms with Crippen LogP contribution >= 0.6 is 0 Å². The van der Waals surface area contributed by atoms with E-state index in [4.69, 9.17) is 10.3 Å². The Morgan fingerprint density at radius 1 is 1.41 bits per heavy atom. The molecule has 1 aromatic carbocycles. The Morgan fingerprint density at radius 2 is 2.18 bits per heavy atom. The fourth-order valence-electron chi connectivity index (χ4n) is 2.00. The van der Waals surface area contributed by atoms with Crippen molar-refractivity contribution in [1.82, 2.24) is 19.7 Å². The number of nitrogens with two attached hydrogens (primary N) is 1. The average molecular weight is 303 g/mol. The van der Waals surface area contributed by atoms with Gasteiger partial charge in [-0.25, -0.2) is 9.37 Å². The van der Waals surface area contributed by atoms with Crippen LogP contribution in [0.5, 0.6) is 0 Å². The summed E-state index contributed by atoms with van der Waals surface area (Å²) in [4.78, 5) is 20.5. The topological polar surface area (TPSA) is 99.8 Å². The van der Waals surface area contributed by atoms with Crippen LogP contribution in [0.1, 0.15) is 25.6 Å². The van der Waals surface area contributed by atoms with Crippen LogP contribution in [0.4, 0.5) is 4.39 Å². The van der Waals surface area contributed by atoms with Gasteiger partial charge in [-0.2, -0.15) is 4.98 Å². The number of hydrogen-bond acceptors (Lipinski definition) is 6. The largest absolute Gasteiger partial charge is 0.337 e. The highest BCUT2D eigenvalue weighted by Gasteiger charge is 2.21. The van der Waals surface area contributed by atoms with E-state index in [1.807, 2.05) is 0 Å². The molecule has 0 atom stereocenters. The summed E-state index contributed by atoms with van der Waals surface area (Å²) in [6.07, 6.45) is 1.32. The van der Waals surface area contributed by atoms with Gasteiger partial charge in [0.2, 0.25) is 5.89 Å². The van der Waals surface area contributed by atoms with E-state index in [9.17, 15) is 9.18 Å². The van der Waals surface area contributed by atoms with Crippen LogP contribution in [0.2, 0.25) is 0 Å². The molecule has 0 aliphatic carbocycles. The second-order valence-corrected chi connectivity index (χ2v) is 5.54. The molecule has 3 aromatic rings. The molecular formula is C14H14FN5O2. The third-order valence-corrected chi connectivity index (χ3v) is 3.15. The van der Waals surface area contributed by atoms with Gasteiger partial charge in [0.15, 0.2) is 5.82 Å². The molecule has 0 saturated heterocycles. The van der Waals surface area contributed by atoms with Crippen molar-refractivity contribution in [3.05, 3.63) is 52.4 Å². The van der Waals surface area contributed by atoms with Gasteiger partial charge in [0.25, 0.3) is 5.56 Å². The summed E-state index contributed by atoms with van der Waals surface area (Å²) in [5.41, 5.74) is 4.92. The van der Waals surface area contributed by atoms with Gasteiger partial charge in [-0.3, -0.25) is 9.36 Å². The smallest absolute Gasteiger partial charge is 0.264 e. The Hall–Kier alpha value is -2.61. The van der Waals surface area contributed by atoms with E-state index in [-0.39, 0.29) is 17.8 Å². The van der Waals surface area contributed by atoms with E-state index in [1.54, 1.807) is 19.9 Å². The molecule has 3 rings (SSSR count). The fraction of sp³-hybridized carbons (Fsp3) is 0.286. The normalized spacial score (nSPS) is 12.0. The van der Waals surface area contributed by atoms with Crippen LogP contribution in [0.3, 0.4) is 0 Å². The SMILES string of the molecule is CC(C)(N)c1noc(Cn2cnc3cccc(F)c3c2=O)n1. The Morgan fingerprint density at radius 3 is 2.86 bits per heavy atom. The van der Waals surface area contributed by atoms with E-state index in [2.05, 4.69) is 15.1 Å². The van der Waals surface area contributed by atoms with E-state index < -0.39 is 16.9 Å². The van der Waals surface area contributed by atoms with Gasteiger partial charge >= 0.3 is 0 Å². The Balaban J connectivity index is 2.01. The number of aromatic nitrogens is 4. The van der Waals surface area contributed by atoms with E-state index in [1.165, 1.54) is 23.0 Å². The van der Waals surface area contributed by atoms with Gasteiger partial charge in [0.05, 0.1) is 17.4 Å². The minimum atomic E-state index is -0.750. The van der Waals surface area contributed by atoms with Crippen LogP contribution in [0.15, 0.2) is 33.8 Å². The number of nitrogens with zero attached hydrogens (tertiary/aromatic N) is 4. The number of halogens is 1. The average Bonchev–Trinajstić information content (AvgIpc) is 2.91. The molecule has 114 valence electrons. The molecule has 22 heavy (non-hydrogen) atoms. The summed E-state index contributed by atoms with van der Waals surface area (Å²) < 4.78 is 20.1. The first kappa shape index (κ1) is 14.3. The highest BCUT2D eigenvalue weighted by atomic mass is 19.1. The molecule has 0 aliphatic rings. The third-order valence-electron chi connectivity index (χ3n) is 3.15. The molecule has 0 saturated carbocycles. The predicted octanol–water partition coefficient (Wildman–Crippen LogP) is 1.16. The quantitative estimate of drug-likeness (QED) is 0.779. The van der Waals surface area contributed by atoms with Crippen LogP contribution in [-0.4, -0.2) is 19.7 Å². The Labute approximate surface area is 124 Å². The lowest BCUT2D eigenvalue weighted by Crippen LogP contribution is -2.30. The molecule has 2 N–H and O–H groups in total. The molecule has 0 fully saturated rings. The lowest BCUT2D eigenvalue weighted by molar-refractivity contribution is 0.353. The second-order valence-electron chi connectivity index (χ2n) is 5.54. The molecule has 8 heteroatoms. The highest BCUT2D eigenvalue weighted by Crippen LogP contribution is 2.14. The van der Waals surface area contributed by atoms with Crippen molar-refractivity contribution < 1.29 is 8.91 Å². The molecule has 2 aromatic heterocycles. The summed E-state index contributed by atoms with van der Waals surface area (Å²) in [5, 5.41) is 3.71. The molecule has 0 spiro atoms. The standard InChI is InChI=1S/C14H14FN5O2/c1-14(2,16)13-18-10(22-19-13)6-20-7-17-9-5-3-4-8(15)11(9)12(20)21/h3-5,7H,6,16H2,1-2H3.